The molecule has 7 nitrogen and oxygen atoms in total. The molecule has 0 radical (unpaired) electrons. The Kier molecular flexibility index (Phi) is 7.24. The van der Waals surface area contributed by atoms with E-state index in [0.29, 0.717) is 6.42 Å². The minimum atomic E-state index is -1.48. The van der Waals surface area contributed by atoms with Crippen LogP contribution in [0.25, 0.3) is 0 Å². The van der Waals surface area contributed by atoms with E-state index in [1.165, 1.54) is 0 Å². The molecule has 1 heterocycles. The van der Waals surface area contributed by atoms with Crippen molar-refractivity contribution in [3.63, 3.8) is 0 Å². The third-order valence-electron chi connectivity index (χ3n) is 5.62. The fourth-order valence-electron chi connectivity index (χ4n) is 4.54. The lowest BCUT2D eigenvalue weighted by Crippen LogP contribution is -2.59. The van der Waals surface area contributed by atoms with Gasteiger partial charge in [0, 0.05) is 5.92 Å². The average Bonchev–Trinajstić information content (AvgIpc) is 2.53. The van der Waals surface area contributed by atoms with Gasteiger partial charge in [0.05, 0.1) is 18.8 Å². The molecule has 2 rings (SSSR count). The van der Waals surface area contributed by atoms with Gasteiger partial charge in [-0.05, 0) is 32.1 Å². The van der Waals surface area contributed by atoms with Crippen molar-refractivity contribution >= 4 is 0 Å². The predicted octanol–water partition coefficient (Wildman–Crippen LogP) is 0.491. The maximum atomic E-state index is 10.8. The molecule has 0 aromatic heterocycles. The van der Waals surface area contributed by atoms with Crippen molar-refractivity contribution in [3.05, 3.63) is 23.8 Å². The number of hydrogen-bond donors (Lipinski definition) is 5. The van der Waals surface area contributed by atoms with E-state index < -0.39 is 49.5 Å². The van der Waals surface area contributed by atoms with Crippen molar-refractivity contribution < 1.29 is 35.0 Å². The van der Waals surface area contributed by atoms with Gasteiger partial charge in [-0.25, -0.2) is 0 Å². The molecule has 8 atom stereocenters. The van der Waals surface area contributed by atoms with Crippen LogP contribution >= 0.6 is 0 Å². The van der Waals surface area contributed by atoms with Crippen LogP contribution in [0.5, 0.6) is 0 Å². The summed E-state index contributed by atoms with van der Waals surface area (Å²) < 4.78 is 11.1. The summed E-state index contributed by atoms with van der Waals surface area (Å²) in [5, 5.41) is 49.9. The normalized spacial score (nSPS) is 39.0. The van der Waals surface area contributed by atoms with Gasteiger partial charge < -0.3 is 35.0 Å². The Morgan fingerprint density at radius 3 is 2.44 bits per heavy atom. The monoisotopic (exact) mass is 386 g/mol. The second-order valence-corrected chi connectivity index (χ2v) is 8.64. The molecule has 1 fully saturated rings. The zero-order valence-electron chi connectivity index (χ0n) is 16.6. The van der Waals surface area contributed by atoms with Gasteiger partial charge in [0.2, 0.25) is 0 Å². The number of allylic oxidation sites excluding steroid dienone is 2. The zero-order chi connectivity index (χ0) is 20.5. The highest BCUT2D eigenvalue weighted by molar-refractivity contribution is 5.29. The summed E-state index contributed by atoms with van der Waals surface area (Å²) in [4.78, 5) is 0. The number of rotatable bonds is 6. The maximum absolute atomic E-state index is 10.8. The first kappa shape index (κ1) is 22.5. The van der Waals surface area contributed by atoms with Gasteiger partial charge in [-0.1, -0.05) is 37.6 Å². The fourth-order valence-corrected chi connectivity index (χ4v) is 4.54. The quantitative estimate of drug-likeness (QED) is 0.451. The van der Waals surface area contributed by atoms with Crippen LogP contribution in [0, 0.1) is 11.3 Å². The van der Waals surface area contributed by atoms with Crippen molar-refractivity contribution in [2.24, 2.45) is 11.3 Å². The highest BCUT2D eigenvalue weighted by atomic mass is 16.7. The molecule has 8 unspecified atom stereocenters. The van der Waals surface area contributed by atoms with Crippen LogP contribution < -0.4 is 0 Å². The van der Waals surface area contributed by atoms with Crippen LogP contribution in [0.2, 0.25) is 0 Å². The molecule has 1 aliphatic carbocycles. The summed E-state index contributed by atoms with van der Waals surface area (Å²) in [6, 6.07) is 0. The molecule has 0 amide bonds. The van der Waals surface area contributed by atoms with E-state index in [9.17, 15) is 25.5 Å². The second kappa shape index (κ2) is 8.69. The summed E-state index contributed by atoms with van der Waals surface area (Å²) in [6.07, 6.45) is -4.58. The minimum absolute atomic E-state index is 0.0520. The zero-order valence-corrected chi connectivity index (χ0v) is 16.6. The molecule has 1 aliphatic heterocycles. The summed E-state index contributed by atoms with van der Waals surface area (Å²) in [6.45, 7) is 11.5. The third kappa shape index (κ3) is 4.98. The highest BCUT2D eigenvalue weighted by Crippen LogP contribution is 2.45. The Balaban J connectivity index is 2.01. The van der Waals surface area contributed by atoms with Gasteiger partial charge in [-0.2, -0.15) is 0 Å². The topological polar surface area (TPSA) is 120 Å². The third-order valence-corrected chi connectivity index (χ3v) is 5.62. The van der Waals surface area contributed by atoms with Crippen LogP contribution in [0.15, 0.2) is 23.8 Å². The van der Waals surface area contributed by atoms with Crippen LogP contribution in [-0.4, -0.2) is 75.1 Å². The Hall–Kier alpha value is -0.800. The molecule has 0 aromatic rings. The van der Waals surface area contributed by atoms with Crippen molar-refractivity contribution in [1.29, 1.82) is 0 Å². The summed E-state index contributed by atoms with van der Waals surface area (Å²) in [5.74, 6) is -0.0520. The molecule has 2 aliphatic rings. The first-order chi connectivity index (χ1) is 12.5. The van der Waals surface area contributed by atoms with Crippen molar-refractivity contribution in [2.75, 3.05) is 6.61 Å². The Labute approximate surface area is 160 Å². The summed E-state index contributed by atoms with van der Waals surface area (Å²) in [7, 11) is 0. The Bertz CT molecular complexity index is 557. The molecule has 0 saturated carbocycles. The van der Waals surface area contributed by atoms with E-state index in [4.69, 9.17) is 9.47 Å². The van der Waals surface area contributed by atoms with E-state index in [-0.39, 0.29) is 11.3 Å². The first-order valence-electron chi connectivity index (χ1n) is 9.48. The largest absolute Gasteiger partial charge is 0.394 e. The predicted molar refractivity (Wildman–Crippen MR) is 99.7 cm³/mol. The minimum Gasteiger partial charge on any atom is -0.394 e. The second-order valence-electron chi connectivity index (χ2n) is 8.64. The number of aliphatic hydroxyl groups is 5. The van der Waals surface area contributed by atoms with Gasteiger partial charge in [-0.15, -0.1) is 0 Å². The first-order valence-corrected chi connectivity index (χ1v) is 9.48. The summed E-state index contributed by atoms with van der Waals surface area (Å²) in [5.41, 5.74) is 1.98. The smallest absolute Gasteiger partial charge is 0.186 e. The van der Waals surface area contributed by atoms with Crippen molar-refractivity contribution in [1.82, 2.24) is 0 Å². The Morgan fingerprint density at radius 2 is 1.89 bits per heavy atom. The lowest BCUT2D eigenvalue weighted by Gasteiger charge is -2.43. The van der Waals surface area contributed by atoms with Crippen molar-refractivity contribution in [2.45, 2.75) is 83.5 Å². The molecule has 5 N–H and O–H groups in total. The lowest BCUT2D eigenvalue weighted by atomic mass is 9.64. The van der Waals surface area contributed by atoms with Gasteiger partial charge >= 0.3 is 0 Å². The molecule has 0 aromatic carbocycles. The van der Waals surface area contributed by atoms with E-state index >= 15 is 0 Å². The SMILES string of the molecule is C=C1C=C(C)C(C(O)CC(C)OC2OC(CO)C(O)C(O)C2O)C(C)(C)C1. The molecule has 0 spiro atoms. The molecule has 0 bridgehead atoms. The maximum Gasteiger partial charge on any atom is 0.186 e. The Morgan fingerprint density at radius 1 is 1.26 bits per heavy atom. The fraction of sp³-hybridized carbons (Fsp3) is 0.800. The average molecular weight is 386 g/mol. The van der Waals surface area contributed by atoms with Crippen LogP contribution in [0.1, 0.15) is 40.5 Å². The van der Waals surface area contributed by atoms with E-state index in [2.05, 4.69) is 20.4 Å². The van der Waals surface area contributed by atoms with E-state index in [0.717, 1.165) is 17.6 Å². The van der Waals surface area contributed by atoms with Gasteiger partial charge in [-0.3, -0.25) is 0 Å². The number of hydrogen-bond acceptors (Lipinski definition) is 7. The summed E-state index contributed by atoms with van der Waals surface area (Å²) >= 11 is 0. The van der Waals surface area contributed by atoms with Crippen LogP contribution in [-0.2, 0) is 9.47 Å². The van der Waals surface area contributed by atoms with Gasteiger partial charge in [0.25, 0.3) is 0 Å². The van der Waals surface area contributed by atoms with Crippen LogP contribution in [0.3, 0.4) is 0 Å². The lowest BCUT2D eigenvalue weighted by molar-refractivity contribution is -0.311. The van der Waals surface area contributed by atoms with E-state index in [1.54, 1.807) is 6.92 Å². The van der Waals surface area contributed by atoms with Crippen LogP contribution in [0.4, 0.5) is 0 Å². The highest BCUT2D eigenvalue weighted by Gasteiger charge is 2.45. The number of aliphatic hydroxyl groups excluding tert-OH is 5. The van der Waals surface area contributed by atoms with Crippen molar-refractivity contribution in [3.8, 4) is 0 Å². The number of ether oxygens (including phenoxy) is 2. The molecule has 1 saturated heterocycles. The standard InChI is InChI=1S/C20H34O7/c1-10-6-11(2)15(20(4,5)8-10)13(22)7-12(3)26-19-18(25)17(24)16(23)14(9-21)27-19/h6,12-19,21-25H,1,7-9H2,2-5H3. The molecule has 156 valence electrons. The van der Waals surface area contributed by atoms with E-state index in [1.807, 2.05) is 13.0 Å². The van der Waals surface area contributed by atoms with Gasteiger partial charge in [0.1, 0.15) is 24.4 Å². The molecule has 7 heteroatoms. The van der Waals surface area contributed by atoms with Gasteiger partial charge in [0.15, 0.2) is 6.29 Å². The molecular weight excluding hydrogens is 352 g/mol. The molecule has 27 heavy (non-hydrogen) atoms. The molecular formula is C20H34O7.